The monoisotopic (exact) mass is 238 g/mol. The number of carbonyl (C=O) groups excluding carboxylic acids is 1. The molecular formula is C13H15ClO2. The second kappa shape index (κ2) is 4.10. The van der Waals surface area contributed by atoms with E-state index >= 15 is 0 Å². The van der Waals surface area contributed by atoms with E-state index in [1.807, 2.05) is 20.8 Å². The summed E-state index contributed by atoms with van der Waals surface area (Å²) in [7, 11) is 0. The van der Waals surface area contributed by atoms with Gasteiger partial charge in [-0.25, -0.2) is 0 Å². The van der Waals surface area contributed by atoms with Crippen LogP contribution in [0.3, 0.4) is 0 Å². The van der Waals surface area contributed by atoms with Gasteiger partial charge in [-0.3, -0.25) is 4.79 Å². The summed E-state index contributed by atoms with van der Waals surface area (Å²) in [5.41, 5.74) is 0.615. The van der Waals surface area contributed by atoms with Gasteiger partial charge in [0.2, 0.25) is 0 Å². The number of hydrogen-bond donors (Lipinski definition) is 0. The van der Waals surface area contributed by atoms with E-state index in [2.05, 4.69) is 0 Å². The molecule has 1 aliphatic rings. The molecule has 0 spiro atoms. The Labute approximate surface area is 101 Å². The molecule has 2 atom stereocenters. The van der Waals surface area contributed by atoms with Crippen LogP contribution in [0.4, 0.5) is 0 Å². The van der Waals surface area contributed by atoms with Gasteiger partial charge in [0.1, 0.15) is 11.9 Å². The van der Waals surface area contributed by atoms with Gasteiger partial charge in [-0.2, -0.15) is 0 Å². The first-order chi connectivity index (χ1) is 7.50. The Morgan fingerprint density at radius 1 is 1.38 bits per heavy atom. The van der Waals surface area contributed by atoms with Crippen LogP contribution in [0.25, 0.3) is 0 Å². The zero-order valence-electron chi connectivity index (χ0n) is 9.66. The number of carbonyl (C=O) groups is 1. The van der Waals surface area contributed by atoms with Crippen LogP contribution in [0.1, 0.15) is 31.1 Å². The van der Waals surface area contributed by atoms with Crippen molar-refractivity contribution in [2.24, 2.45) is 11.8 Å². The van der Waals surface area contributed by atoms with Crippen LogP contribution in [0.2, 0.25) is 5.02 Å². The lowest BCUT2D eigenvalue weighted by molar-refractivity contribution is 0.0606. The van der Waals surface area contributed by atoms with Crippen molar-refractivity contribution in [2.45, 2.75) is 26.9 Å². The highest BCUT2D eigenvalue weighted by molar-refractivity contribution is 6.31. The summed E-state index contributed by atoms with van der Waals surface area (Å²) in [6.45, 7) is 6.02. The lowest BCUT2D eigenvalue weighted by Gasteiger charge is -2.32. The molecule has 1 aromatic rings. The van der Waals surface area contributed by atoms with Crippen LogP contribution in [0.15, 0.2) is 18.2 Å². The maximum absolute atomic E-state index is 12.3. The lowest BCUT2D eigenvalue weighted by Crippen LogP contribution is -2.38. The molecule has 2 rings (SSSR count). The van der Waals surface area contributed by atoms with E-state index in [-0.39, 0.29) is 23.7 Å². The van der Waals surface area contributed by atoms with Crippen molar-refractivity contribution >= 4 is 17.4 Å². The third kappa shape index (κ3) is 1.82. The van der Waals surface area contributed by atoms with Crippen molar-refractivity contribution in [3.63, 3.8) is 0 Å². The quantitative estimate of drug-likeness (QED) is 0.748. The molecule has 0 aromatic heterocycles. The van der Waals surface area contributed by atoms with Gasteiger partial charge in [-0.1, -0.05) is 25.4 Å². The minimum atomic E-state index is -0.0778. The van der Waals surface area contributed by atoms with Crippen molar-refractivity contribution in [2.75, 3.05) is 0 Å². The number of halogens is 1. The fourth-order valence-electron chi connectivity index (χ4n) is 2.31. The average molecular weight is 239 g/mol. The van der Waals surface area contributed by atoms with Crippen LogP contribution in [0, 0.1) is 11.8 Å². The molecule has 0 bridgehead atoms. The Morgan fingerprint density at radius 3 is 2.69 bits per heavy atom. The molecule has 2 unspecified atom stereocenters. The number of rotatable bonds is 1. The number of ketones is 1. The highest BCUT2D eigenvalue weighted by atomic mass is 35.5. The van der Waals surface area contributed by atoms with E-state index in [0.717, 1.165) is 0 Å². The molecule has 0 saturated carbocycles. The Morgan fingerprint density at radius 2 is 2.06 bits per heavy atom. The van der Waals surface area contributed by atoms with Gasteiger partial charge in [0.25, 0.3) is 0 Å². The van der Waals surface area contributed by atoms with Crippen molar-refractivity contribution < 1.29 is 9.53 Å². The highest BCUT2D eigenvalue weighted by Gasteiger charge is 2.36. The minimum Gasteiger partial charge on any atom is -0.489 e. The predicted octanol–water partition coefficient (Wildman–Crippen LogP) is 3.58. The minimum absolute atomic E-state index is 0.0684. The van der Waals surface area contributed by atoms with Crippen molar-refractivity contribution in [3.05, 3.63) is 28.8 Å². The lowest BCUT2D eigenvalue weighted by atomic mass is 9.82. The Hall–Kier alpha value is -1.02. The number of ether oxygens (including phenoxy) is 1. The van der Waals surface area contributed by atoms with Crippen molar-refractivity contribution in [1.29, 1.82) is 0 Å². The number of Topliss-reactive ketones (excluding diaryl/α,β-unsaturated/α-hetero) is 1. The summed E-state index contributed by atoms with van der Waals surface area (Å²) < 4.78 is 5.75. The fourth-order valence-corrected chi connectivity index (χ4v) is 2.48. The van der Waals surface area contributed by atoms with E-state index in [9.17, 15) is 4.79 Å². The van der Waals surface area contributed by atoms with Gasteiger partial charge >= 0.3 is 0 Å². The number of hydrogen-bond acceptors (Lipinski definition) is 2. The molecule has 0 N–H and O–H groups in total. The van der Waals surface area contributed by atoms with Gasteiger partial charge in [-0.05, 0) is 31.0 Å². The molecule has 1 aromatic carbocycles. The molecule has 1 heterocycles. The topological polar surface area (TPSA) is 26.3 Å². The average Bonchev–Trinajstić information content (AvgIpc) is 2.19. The van der Waals surface area contributed by atoms with E-state index in [1.165, 1.54) is 0 Å². The third-order valence-electron chi connectivity index (χ3n) is 3.05. The van der Waals surface area contributed by atoms with E-state index in [0.29, 0.717) is 16.3 Å². The molecule has 0 amide bonds. The third-order valence-corrected chi connectivity index (χ3v) is 3.28. The van der Waals surface area contributed by atoms with Gasteiger partial charge in [0.05, 0.1) is 11.5 Å². The SMILES string of the molecule is CC(C)C1C(=O)c2cc(Cl)ccc2OC1C. The fraction of sp³-hybridized carbons (Fsp3) is 0.462. The summed E-state index contributed by atoms with van der Waals surface area (Å²) in [5, 5.41) is 0.577. The molecule has 86 valence electrons. The van der Waals surface area contributed by atoms with Crippen LogP contribution in [0.5, 0.6) is 5.75 Å². The normalized spacial score (nSPS) is 24.2. The Bertz CT molecular complexity index is 426. The molecule has 0 aliphatic carbocycles. The Kier molecular flexibility index (Phi) is 2.94. The summed E-state index contributed by atoms with van der Waals surface area (Å²) in [6.07, 6.45) is -0.0684. The molecule has 3 heteroatoms. The molecule has 0 fully saturated rings. The number of fused-ring (bicyclic) bond motifs is 1. The summed E-state index contributed by atoms with van der Waals surface area (Å²) in [5.74, 6) is 0.991. The van der Waals surface area contributed by atoms with Crippen molar-refractivity contribution in [1.82, 2.24) is 0 Å². The first-order valence-electron chi connectivity index (χ1n) is 5.51. The molecule has 1 aliphatic heterocycles. The van der Waals surface area contributed by atoms with Crippen molar-refractivity contribution in [3.8, 4) is 5.75 Å². The van der Waals surface area contributed by atoms with E-state index < -0.39 is 0 Å². The molecule has 0 radical (unpaired) electrons. The first-order valence-corrected chi connectivity index (χ1v) is 5.89. The van der Waals surface area contributed by atoms with Gasteiger partial charge in [0, 0.05) is 5.02 Å². The highest BCUT2D eigenvalue weighted by Crippen LogP contribution is 2.35. The molecule has 2 nitrogen and oxygen atoms in total. The van der Waals surface area contributed by atoms with Crippen LogP contribution in [-0.4, -0.2) is 11.9 Å². The zero-order chi connectivity index (χ0) is 11.9. The van der Waals surface area contributed by atoms with Gasteiger partial charge in [-0.15, -0.1) is 0 Å². The second-order valence-corrected chi connectivity index (χ2v) is 5.03. The van der Waals surface area contributed by atoms with Gasteiger partial charge < -0.3 is 4.74 Å². The van der Waals surface area contributed by atoms with Crippen LogP contribution >= 0.6 is 11.6 Å². The van der Waals surface area contributed by atoms with Crippen LogP contribution < -0.4 is 4.74 Å². The Balaban J connectivity index is 2.46. The number of benzene rings is 1. The van der Waals surface area contributed by atoms with Gasteiger partial charge in [0.15, 0.2) is 5.78 Å². The maximum atomic E-state index is 12.3. The maximum Gasteiger partial charge on any atom is 0.173 e. The summed E-state index contributed by atoms with van der Waals surface area (Å²) in [6, 6.07) is 5.21. The molecule has 16 heavy (non-hydrogen) atoms. The van der Waals surface area contributed by atoms with E-state index in [4.69, 9.17) is 16.3 Å². The summed E-state index contributed by atoms with van der Waals surface area (Å²) in [4.78, 5) is 12.3. The largest absolute Gasteiger partial charge is 0.489 e. The molecular weight excluding hydrogens is 224 g/mol. The summed E-state index contributed by atoms with van der Waals surface area (Å²) >= 11 is 5.90. The molecule has 0 saturated heterocycles. The first kappa shape index (κ1) is 11.5. The van der Waals surface area contributed by atoms with Crippen LogP contribution in [-0.2, 0) is 0 Å². The second-order valence-electron chi connectivity index (χ2n) is 4.60. The predicted molar refractivity (Wildman–Crippen MR) is 64.2 cm³/mol. The smallest absolute Gasteiger partial charge is 0.173 e. The van der Waals surface area contributed by atoms with E-state index in [1.54, 1.807) is 18.2 Å². The standard InChI is InChI=1S/C13H15ClO2/c1-7(2)12-8(3)16-11-5-4-9(14)6-10(11)13(12)15/h4-8,12H,1-3H3. The zero-order valence-corrected chi connectivity index (χ0v) is 10.4.